The molecule has 0 aromatic heterocycles. The fourth-order valence-electron chi connectivity index (χ4n) is 4.26. The number of ether oxygens (including phenoxy) is 8. The van der Waals surface area contributed by atoms with E-state index in [4.69, 9.17) is 37.9 Å². The Bertz CT molecular complexity index is 1100. The van der Waals surface area contributed by atoms with Crippen molar-refractivity contribution in [1.82, 2.24) is 4.90 Å². The quantitative estimate of drug-likeness (QED) is 0.302. The van der Waals surface area contributed by atoms with Crippen molar-refractivity contribution in [3.8, 4) is 11.5 Å². The van der Waals surface area contributed by atoms with Crippen LogP contribution in [0.2, 0.25) is 0 Å². The molecule has 220 valence electrons. The number of hydrogen-bond acceptors (Lipinski definition) is 13. The highest BCUT2D eigenvalue weighted by atomic mass is 16.7. The van der Waals surface area contributed by atoms with Gasteiger partial charge in [0.1, 0.15) is 12.7 Å². The Balaban J connectivity index is 1.96. The third-order valence-electron chi connectivity index (χ3n) is 5.90. The van der Waals surface area contributed by atoms with Crippen molar-refractivity contribution < 1.29 is 61.9 Å². The Kier molecular flexibility index (Phi) is 10.7. The molecule has 0 aliphatic carbocycles. The van der Waals surface area contributed by atoms with Crippen molar-refractivity contribution in [2.45, 2.75) is 58.4 Å². The molecule has 14 heteroatoms. The van der Waals surface area contributed by atoms with Gasteiger partial charge in [0.2, 0.25) is 12.4 Å². The highest BCUT2D eigenvalue weighted by Gasteiger charge is 2.53. The molecule has 2 fully saturated rings. The number of carbonyl (C=O) groups is 5. The molecular weight excluding hydrogens is 534 g/mol. The molecule has 2 aliphatic heterocycles. The lowest BCUT2D eigenvalue weighted by atomic mass is 9.98. The number of nitrogens with zero attached hydrogens (tertiary/aromatic N) is 1. The zero-order valence-corrected chi connectivity index (χ0v) is 22.9. The molecule has 3 rings (SSSR count). The molecule has 0 radical (unpaired) electrons. The third kappa shape index (κ3) is 8.05. The normalized spacial score (nSPS) is 24.3. The SMILES string of the molecule is COc1cc(C(=O)N2CCOCC2)ccc1O[C@@H]1OC(COC(C)=O)C(OC(C)=O)C(OC(C)=O)C1OC(C)=O. The minimum atomic E-state index is -1.45. The van der Waals surface area contributed by atoms with Crippen LogP contribution >= 0.6 is 0 Å². The van der Waals surface area contributed by atoms with Crippen molar-refractivity contribution in [2.24, 2.45) is 0 Å². The molecule has 1 aromatic rings. The van der Waals surface area contributed by atoms with E-state index in [0.29, 0.717) is 31.9 Å². The predicted octanol–water partition coefficient (Wildman–Crippen LogP) is 0.630. The molecule has 14 nitrogen and oxygen atoms in total. The summed E-state index contributed by atoms with van der Waals surface area (Å²) >= 11 is 0. The second-order valence-electron chi connectivity index (χ2n) is 8.96. The van der Waals surface area contributed by atoms with E-state index in [1.54, 1.807) is 4.90 Å². The number of amides is 1. The van der Waals surface area contributed by atoms with Crippen LogP contribution in [0.1, 0.15) is 38.1 Å². The molecule has 40 heavy (non-hydrogen) atoms. The van der Waals surface area contributed by atoms with Gasteiger partial charge >= 0.3 is 23.9 Å². The van der Waals surface area contributed by atoms with Gasteiger partial charge in [-0.2, -0.15) is 0 Å². The molecular formula is C26H33NO13. The van der Waals surface area contributed by atoms with Gasteiger partial charge in [0.15, 0.2) is 23.7 Å². The molecule has 2 saturated heterocycles. The number of esters is 4. The van der Waals surface area contributed by atoms with E-state index in [1.807, 2.05) is 0 Å². The maximum absolute atomic E-state index is 12.9. The molecule has 4 unspecified atom stereocenters. The number of carbonyl (C=O) groups excluding carboxylic acids is 5. The lowest BCUT2D eigenvalue weighted by molar-refractivity contribution is -0.288. The zero-order chi connectivity index (χ0) is 29.4. The summed E-state index contributed by atoms with van der Waals surface area (Å²) in [5, 5.41) is 0. The van der Waals surface area contributed by atoms with E-state index in [-0.39, 0.29) is 17.4 Å². The van der Waals surface area contributed by atoms with Gasteiger partial charge in [-0.15, -0.1) is 0 Å². The van der Waals surface area contributed by atoms with Crippen LogP contribution in [-0.2, 0) is 47.6 Å². The highest BCUT2D eigenvalue weighted by Crippen LogP contribution is 2.35. The van der Waals surface area contributed by atoms with Crippen molar-refractivity contribution in [3.05, 3.63) is 23.8 Å². The van der Waals surface area contributed by atoms with E-state index in [1.165, 1.54) is 32.2 Å². The van der Waals surface area contributed by atoms with Gasteiger partial charge < -0.3 is 42.8 Å². The van der Waals surface area contributed by atoms with Gasteiger partial charge in [0.25, 0.3) is 5.91 Å². The molecule has 0 bridgehead atoms. The summed E-state index contributed by atoms with van der Waals surface area (Å²) in [6.07, 6.45) is -6.76. The number of benzene rings is 1. The van der Waals surface area contributed by atoms with Crippen LogP contribution in [0.3, 0.4) is 0 Å². The van der Waals surface area contributed by atoms with Crippen molar-refractivity contribution in [1.29, 1.82) is 0 Å². The minimum Gasteiger partial charge on any atom is -0.493 e. The molecule has 1 amide bonds. The van der Waals surface area contributed by atoms with E-state index in [0.717, 1.165) is 20.8 Å². The van der Waals surface area contributed by atoms with Crippen molar-refractivity contribution >= 4 is 29.8 Å². The maximum atomic E-state index is 12.9. The third-order valence-corrected chi connectivity index (χ3v) is 5.90. The summed E-state index contributed by atoms with van der Waals surface area (Å²) in [4.78, 5) is 62.0. The largest absolute Gasteiger partial charge is 0.493 e. The van der Waals surface area contributed by atoms with Crippen LogP contribution in [-0.4, -0.2) is 105 Å². The van der Waals surface area contributed by atoms with Gasteiger partial charge in [-0.1, -0.05) is 0 Å². The van der Waals surface area contributed by atoms with Crippen LogP contribution in [0.15, 0.2) is 18.2 Å². The molecule has 5 atom stereocenters. The second-order valence-corrected chi connectivity index (χ2v) is 8.96. The number of methoxy groups -OCH3 is 1. The van der Waals surface area contributed by atoms with Gasteiger partial charge in [0.05, 0.1) is 20.3 Å². The Labute approximate surface area is 230 Å². The molecule has 2 heterocycles. The Hall–Kier alpha value is -3.91. The fourth-order valence-corrected chi connectivity index (χ4v) is 4.26. The molecule has 0 spiro atoms. The van der Waals surface area contributed by atoms with Crippen LogP contribution in [0.4, 0.5) is 0 Å². The Morgan fingerprint density at radius 1 is 0.825 bits per heavy atom. The molecule has 1 aromatic carbocycles. The van der Waals surface area contributed by atoms with Gasteiger partial charge in [0, 0.05) is 46.3 Å². The maximum Gasteiger partial charge on any atom is 0.303 e. The van der Waals surface area contributed by atoms with Crippen LogP contribution in [0, 0.1) is 0 Å². The number of rotatable bonds is 9. The Morgan fingerprint density at radius 3 is 2.00 bits per heavy atom. The summed E-state index contributed by atoms with van der Waals surface area (Å²) in [5.74, 6) is -2.89. The summed E-state index contributed by atoms with van der Waals surface area (Å²) < 4.78 is 44.0. The van der Waals surface area contributed by atoms with Crippen LogP contribution in [0.25, 0.3) is 0 Å². The zero-order valence-electron chi connectivity index (χ0n) is 22.9. The van der Waals surface area contributed by atoms with Crippen molar-refractivity contribution in [3.63, 3.8) is 0 Å². The van der Waals surface area contributed by atoms with E-state index in [9.17, 15) is 24.0 Å². The Morgan fingerprint density at radius 2 is 1.43 bits per heavy atom. The first-order valence-electron chi connectivity index (χ1n) is 12.5. The first kappa shape index (κ1) is 30.6. The minimum absolute atomic E-state index is 0.0990. The summed E-state index contributed by atoms with van der Waals surface area (Å²) in [7, 11) is 1.37. The standard InChI is InChI=1S/C26H33NO13/c1-14(28)35-13-21-22(36-15(2)29)23(37-16(3)30)24(38-17(4)31)26(40-21)39-19-7-6-18(12-20(19)33-5)25(32)27-8-10-34-11-9-27/h6-7,12,21-24,26H,8-11,13H2,1-5H3/t21?,22?,23?,24?,26-/m1/s1. The number of morpholine rings is 1. The van der Waals surface area contributed by atoms with Crippen LogP contribution < -0.4 is 9.47 Å². The lowest BCUT2D eigenvalue weighted by Crippen LogP contribution is -2.63. The van der Waals surface area contributed by atoms with E-state index < -0.39 is 61.2 Å². The average Bonchev–Trinajstić information content (AvgIpc) is 2.90. The van der Waals surface area contributed by atoms with E-state index in [2.05, 4.69) is 0 Å². The van der Waals surface area contributed by atoms with Crippen LogP contribution in [0.5, 0.6) is 11.5 Å². The lowest BCUT2D eigenvalue weighted by Gasteiger charge is -2.44. The van der Waals surface area contributed by atoms with Gasteiger partial charge in [-0.05, 0) is 18.2 Å². The summed E-state index contributed by atoms with van der Waals surface area (Å²) in [6, 6.07) is 4.49. The monoisotopic (exact) mass is 567 g/mol. The fraction of sp³-hybridized carbons (Fsp3) is 0.577. The van der Waals surface area contributed by atoms with Crippen molar-refractivity contribution in [2.75, 3.05) is 40.0 Å². The first-order valence-corrected chi connectivity index (χ1v) is 12.5. The van der Waals surface area contributed by atoms with Gasteiger partial charge in [-0.25, -0.2) is 0 Å². The highest BCUT2D eigenvalue weighted by molar-refractivity contribution is 5.95. The summed E-state index contributed by atoms with van der Waals surface area (Å²) in [6.45, 7) is 5.92. The molecule has 0 saturated carbocycles. The second kappa shape index (κ2) is 13.9. The smallest absolute Gasteiger partial charge is 0.303 e. The number of hydrogen-bond donors (Lipinski definition) is 0. The molecule has 0 N–H and O–H groups in total. The summed E-state index contributed by atoms with van der Waals surface area (Å²) in [5.41, 5.74) is 0.340. The predicted molar refractivity (Wildman–Crippen MR) is 132 cm³/mol. The van der Waals surface area contributed by atoms with E-state index >= 15 is 0 Å². The molecule has 2 aliphatic rings. The topological polar surface area (TPSA) is 162 Å². The van der Waals surface area contributed by atoms with Gasteiger partial charge in [-0.3, -0.25) is 24.0 Å². The average molecular weight is 568 g/mol. The first-order chi connectivity index (χ1) is 19.0.